The predicted molar refractivity (Wildman–Crippen MR) is 260 cm³/mol. The molecule has 10 rings (SSSR count). The van der Waals surface area contributed by atoms with E-state index in [0.717, 1.165) is 96.9 Å². The molecule has 0 spiro atoms. The molecule has 4 fully saturated rings. The van der Waals surface area contributed by atoms with E-state index in [2.05, 4.69) is 87.7 Å². The predicted octanol–water partition coefficient (Wildman–Crippen LogP) is 9.64. The van der Waals surface area contributed by atoms with Crippen LogP contribution in [0.25, 0.3) is 22.3 Å². The van der Waals surface area contributed by atoms with Gasteiger partial charge in [0.15, 0.2) is 11.6 Å². The van der Waals surface area contributed by atoms with Crippen LogP contribution in [0.2, 0.25) is 0 Å². The van der Waals surface area contributed by atoms with Crippen LogP contribution >= 0.6 is 0 Å². The summed E-state index contributed by atoms with van der Waals surface area (Å²) in [6.07, 6.45) is 5.55. The van der Waals surface area contributed by atoms with Gasteiger partial charge in [0.1, 0.15) is 0 Å². The molecule has 0 atom stereocenters. The van der Waals surface area contributed by atoms with E-state index in [1.807, 2.05) is 72.8 Å². The number of carbonyl (C=O) groups is 2. The number of benzene rings is 6. The first kappa shape index (κ1) is 42.1. The summed E-state index contributed by atoms with van der Waals surface area (Å²) < 4.78 is 0. The highest BCUT2D eigenvalue weighted by Crippen LogP contribution is 2.46. The van der Waals surface area contributed by atoms with Gasteiger partial charge < -0.3 is 31.5 Å². The molecule has 0 bridgehead atoms. The highest BCUT2D eigenvalue weighted by atomic mass is 16.1. The summed E-state index contributed by atoms with van der Waals surface area (Å²) in [4.78, 5) is 33.8. The van der Waals surface area contributed by atoms with Crippen LogP contribution in [0.4, 0.5) is 22.7 Å². The van der Waals surface area contributed by atoms with Crippen molar-refractivity contribution in [2.45, 2.75) is 50.4 Å². The molecule has 6 aromatic rings. The lowest BCUT2D eigenvalue weighted by Crippen LogP contribution is -2.44. The maximum absolute atomic E-state index is 13.3. The molecule has 5 N–H and O–H groups in total. The van der Waals surface area contributed by atoms with Crippen molar-refractivity contribution in [1.29, 1.82) is 0 Å². The smallest absolute Gasteiger partial charge is 0.167 e. The van der Waals surface area contributed by atoms with Crippen LogP contribution < -0.4 is 26.6 Å². The third kappa shape index (κ3) is 10.2. The number of likely N-dealkylation sites (N-methyl/N-ethyl adjacent to an activating group) is 1. The van der Waals surface area contributed by atoms with Crippen LogP contribution in [0.1, 0.15) is 80.5 Å². The quantitative estimate of drug-likeness (QED) is 0.0827. The Kier molecular flexibility index (Phi) is 12.7. The number of Topliss-reactive ketones (excluding diaryl/α,β-unsaturated/α-hetero) is 2. The third-order valence-corrected chi connectivity index (χ3v) is 13.2. The first-order valence-corrected chi connectivity index (χ1v) is 22.9. The summed E-state index contributed by atoms with van der Waals surface area (Å²) in [5.41, 5.74) is 27.0. The van der Waals surface area contributed by atoms with Crippen molar-refractivity contribution >= 4 is 34.3 Å². The Labute approximate surface area is 372 Å². The molecule has 8 heteroatoms. The van der Waals surface area contributed by atoms with E-state index in [0.29, 0.717) is 36.1 Å². The van der Waals surface area contributed by atoms with Crippen LogP contribution in [0.15, 0.2) is 133 Å². The maximum atomic E-state index is 13.3. The number of hydrogen-bond donors (Lipinski definition) is 3. The van der Waals surface area contributed by atoms with E-state index in [1.54, 1.807) is 0 Å². The highest BCUT2D eigenvalue weighted by Gasteiger charge is 2.31. The fourth-order valence-corrected chi connectivity index (χ4v) is 9.12. The van der Waals surface area contributed by atoms with Crippen molar-refractivity contribution < 1.29 is 9.59 Å². The zero-order valence-corrected chi connectivity index (χ0v) is 36.6. The van der Waals surface area contributed by atoms with Crippen LogP contribution in [0, 0.1) is 0 Å². The molecule has 8 nitrogen and oxygen atoms in total. The number of rotatable bonds is 12. The van der Waals surface area contributed by atoms with E-state index < -0.39 is 0 Å². The molecular weight excluding hydrogens is 777 g/mol. The van der Waals surface area contributed by atoms with E-state index in [9.17, 15) is 9.59 Å². The van der Waals surface area contributed by atoms with Crippen LogP contribution in [0.5, 0.6) is 0 Å². The molecule has 2 aliphatic carbocycles. The largest absolute Gasteiger partial charge is 0.398 e. The fourth-order valence-electron chi connectivity index (χ4n) is 9.12. The molecular formula is C55H60N6O2. The Balaban J connectivity index is 0.000000160. The van der Waals surface area contributed by atoms with Crippen LogP contribution in [0.3, 0.4) is 0 Å². The average Bonchev–Trinajstić information content (AvgIpc) is 4.27. The molecule has 0 amide bonds. The highest BCUT2D eigenvalue weighted by molar-refractivity contribution is 6.00. The second kappa shape index (κ2) is 19.0. The zero-order valence-electron chi connectivity index (χ0n) is 36.6. The number of carbonyl (C=O) groups excluding carboxylic acids is 2. The molecule has 4 aliphatic rings. The van der Waals surface area contributed by atoms with Gasteiger partial charge in [-0.2, -0.15) is 0 Å². The van der Waals surface area contributed by atoms with Crippen molar-refractivity contribution in [3.05, 3.63) is 167 Å². The SMILES string of the molecule is CN1CCN(c2ccc(C(=O)Cc3cc(-c4ccccc4)ccc3N)cc2C2CC2)CC1.Nc1ccc(-c2ccccc2)cc1CC(=O)c1ccc(N2CCNCC2)c(C2CC2)c1. The fraction of sp³-hybridized carbons (Fsp3) is 0.309. The molecule has 6 aromatic carbocycles. The van der Waals surface area contributed by atoms with Gasteiger partial charge in [0.05, 0.1) is 0 Å². The second-order valence-electron chi connectivity index (χ2n) is 17.9. The molecule has 63 heavy (non-hydrogen) atoms. The number of hydrogen-bond acceptors (Lipinski definition) is 8. The maximum Gasteiger partial charge on any atom is 0.167 e. The van der Waals surface area contributed by atoms with Gasteiger partial charge in [-0.25, -0.2) is 0 Å². The van der Waals surface area contributed by atoms with Gasteiger partial charge in [0.25, 0.3) is 0 Å². The van der Waals surface area contributed by atoms with Crippen molar-refractivity contribution in [3.63, 3.8) is 0 Å². The lowest BCUT2D eigenvalue weighted by atomic mass is 9.95. The summed E-state index contributed by atoms with van der Waals surface area (Å²) in [5.74, 6) is 1.47. The molecule has 0 radical (unpaired) electrons. The first-order valence-electron chi connectivity index (χ1n) is 22.9. The van der Waals surface area contributed by atoms with Gasteiger partial charge in [-0.05, 0) is 150 Å². The van der Waals surface area contributed by atoms with Crippen molar-refractivity contribution in [3.8, 4) is 22.3 Å². The number of nitrogens with two attached hydrogens (primary N) is 2. The summed E-state index contributed by atoms with van der Waals surface area (Å²) in [5, 5.41) is 3.42. The Morgan fingerprint density at radius 3 is 1.37 bits per heavy atom. The standard InChI is InChI=1S/C28H31N3O.C27H29N3O/c1-30-13-15-31(16-14-30)27-12-10-23(18-25(27)21-7-8-21)28(32)19-24-17-22(9-11-26(24)29)20-5-3-2-4-6-20;28-25-10-8-21(19-4-2-1-3-5-19)16-23(25)18-27(31)22-9-11-26(24(17-22)20-6-7-20)30-14-12-29-13-15-30/h2-6,9-12,17-18,21H,7-8,13-16,19,29H2,1H3;1-5,8-11,16-17,20,29H,6-7,12-15,18,28H2. The Bertz CT molecular complexity index is 2550. The lowest BCUT2D eigenvalue weighted by Gasteiger charge is -2.35. The van der Waals surface area contributed by atoms with Crippen molar-refractivity contribution in [1.82, 2.24) is 10.2 Å². The van der Waals surface area contributed by atoms with Crippen LogP contribution in [-0.4, -0.2) is 75.9 Å². The van der Waals surface area contributed by atoms with Gasteiger partial charge in [0, 0.05) is 99.1 Å². The third-order valence-electron chi connectivity index (χ3n) is 13.2. The molecule has 2 saturated heterocycles. The number of nitrogen functional groups attached to an aromatic ring is 2. The van der Waals surface area contributed by atoms with Gasteiger partial charge >= 0.3 is 0 Å². The molecule has 2 aliphatic heterocycles. The minimum Gasteiger partial charge on any atom is -0.398 e. The van der Waals surface area contributed by atoms with Gasteiger partial charge in [-0.1, -0.05) is 72.8 Å². The van der Waals surface area contributed by atoms with E-state index in [1.165, 1.54) is 48.2 Å². The Hall–Kier alpha value is -6.22. The average molecular weight is 837 g/mol. The van der Waals surface area contributed by atoms with Crippen LogP contribution in [-0.2, 0) is 12.8 Å². The van der Waals surface area contributed by atoms with Gasteiger partial charge in [-0.15, -0.1) is 0 Å². The van der Waals surface area contributed by atoms with E-state index in [-0.39, 0.29) is 11.6 Å². The Morgan fingerprint density at radius 2 is 0.937 bits per heavy atom. The Morgan fingerprint density at radius 1 is 0.508 bits per heavy atom. The number of nitrogens with one attached hydrogen (secondary N) is 1. The zero-order chi connectivity index (χ0) is 43.3. The molecule has 0 unspecified atom stereocenters. The number of ketones is 2. The van der Waals surface area contributed by atoms with Crippen molar-refractivity contribution in [2.24, 2.45) is 0 Å². The normalized spacial score (nSPS) is 16.6. The van der Waals surface area contributed by atoms with Gasteiger partial charge in [0.2, 0.25) is 0 Å². The summed E-state index contributed by atoms with van der Waals surface area (Å²) in [6, 6.07) is 45.1. The first-order chi connectivity index (χ1) is 30.8. The number of piperazine rings is 2. The van der Waals surface area contributed by atoms with Gasteiger partial charge in [-0.3, -0.25) is 9.59 Å². The minimum atomic E-state index is 0.130. The van der Waals surface area contributed by atoms with E-state index in [4.69, 9.17) is 11.5 Å². The van der Waals surface area contributed by atoms with E-state index >= 15 is 0 Å². The minimum absolute atomic E-state index is 0.130. The summed E-state index contributed by atoms with van der Waals surface area (Å²) >= 11 is 0. The molecule has 2 heterocycles. The summed E-state index contributed by atoms with van der Waals surface area (Å²) in [7, 11) is 2.18. The second-order valence-corrected chi connectivity index (χ2v) is 17.9. The molecule has 322 valence electrons. The topological polar surface area (TPSA) is 108 Å². The number of anilines is 4. The molecule has 0 aromatic heterocycles. The monoisotopic (exact) mass is 836 g/mol. The summed E-state index contributed by atoms with van der Waals surface area (Å²) in [6.45, 7) is 8.34. The number of nitrogens with zero attached hydrogens (tertiary/aromatic N) is 3. The molecule has 2 saturated carbocycles. The van der Waals surface area contributed by atoms with Crippen molar-refractivity contribution in [2.75, 3.05) is 80.7 Å². The lowest BCUT2D eigenvalue weighted by molar-refractivity contribution is 0.0985.